The minimum absolute atomic E-state index is 0.736. The van der Waals surface area contributed by atoms with Crippen LogP contribution < -0.4 is 4.74 Å². The Balaban J connectivity index is 1.26. The van der Waals surface area contributed by atoms with Gasteiger partial charge in [-0.3, -0.25) is 0 Å². The van der Waals surface area contributed by atoms with Crippen molar-refractivity contribution < 1.29 is 4.74 Å². The van der Waals surface area contributed by atoms with E-state index in [0.717, 1.165) is 28.7 Å². The molecular formula is C33H40O. The summed E-state index contributed by atoms with van der Waals surface area (Å²) in [5.41, 5.74) is 3.64. The first-order valence-corrected chi connectivity index (χ1v) is 13.4. The van der Waals surface area contributed by atoms with Crippen molar-refractivity contribution in [3.8, 4) is 17.6 Å². The van der Waals surface area contributed by atoms with Gasteiger partial charge >= 0.3 is 0 Å². The number of rotatable bonds is 9. The molecule has 0 heterocycles. The summed E-state index contributed by atoms with van der Waals surface area (Å²) < 4.78 is 5.32. The average molecular weight is 453 g/mol. The number of hydrogen-bond donors (Lipinski definition) is 0. The summed E-state index contributed by atoms with van der Waals surface area (Å²) in [6, 6.07) is 21.6. The minimum atomic E-state index is 0.736. The molecule has 1 saturated carbocycles. The van der Waals surface area contributed by atoms with Gasteiger partial charge in [-0.1, -0.05) is 88.0 Å². The second-order valence-corrected chi connectivity index (χ2v) is 10.1. The van der Waals surface area contributed by atoms with E-state index in [1.54, 1.807) is 7.11 Å². The van der Waals surface area contributed by atoms with E-state index >= 15 is 0 Å². The number of unbranched alkanes of at least 4 members (excludes halogenated alkanes) is 5. The van der Waals surface area contributed by atoms with E-state index < -0.39 is 0 Å². The van der Waals surface area contributed by atoms with Crippen LogP contribution in [-0.2, 0) is 0 Å². The predicted molar refractivity (Wildman–Crippen MR) is 146 cm³/mol. The zero-order valence-corrected chi connectivity index (χ0v) is 21.1. The summed E-state index contributed by atoms with van der Waals surface area (Å²) >= 11 is 0. The van der Waals surface area contributed by atoms with Crippen LogP contribution in [0, 0.1) is 17.8 Å². The fourth-order valence-corrected chi connectivity index (χ4v) is 5.41. The molecule has 0 spiro atoms. The van der Waals surface area contributed by atoms with Gasteiger partial charge in [0.25, 0.3) is 0 Å². The van der Waals surface area contributed by atoms with Gasteiger partial charge in [0, 0.05) is 11.1 Å². The number of hydrogen-bond acceptors (Lipinski definition) is 1. The quantitative estimate of drug-likeness (QED) is 0.232. The molecule has 1 nitrogen and oxygen atoms in total. The highest BCUT2D eigenvalue weighted by Gasteiger charge is 2.21. The third kappa shape index (κ3) is 6.89. The predicted octanol–water partition coefficient (Wildman–Crippen LogP) is 9.27. The summed E-state index contributed by atoms with van der Waals surface area (Å²) in [5.74, 6) is 9.28. The van der Waals surface area contributed by atoms with Crippen molar-refractivity contribution in [2.24, 2.45) is 5.92 Å². The molecule has 178 valence electrons. The molecule has 1 fully saturated rings. The topological polar surface area (TPSA) is 9.23 Å². The zero-order valence-electron chi connectivity index (χ0n) is 21.1. The highest BCUT2D eigenvalue weighted by molar-refractivity contribution is 5.85. The van der Waals surface area contributed by atoms with Crippen LogP contribution in [0.25, 0.3) is 10.8 Å². The van der Waals surface area contributed by atoms with Crippen molar-refractivity contribution in [3.05, 3.63) is 77.4 Å². The molecule has 0 N–H and O–H groups in total. The normalized spacial score (nSPS) is 17.8. The maximum atomic E-state index is 5.32. The van der Waals surface area contributed by atoms with Crippen molar-refractivity contribution in [2.75, 3.05) is 7.11 Å². The minimum Gasteiger partial charge on any atom is -0.497 e. The monoisotopic (exact) mass is 452 g/mol. The van der Waals surface area contributed by atoms with Crippen LogP contribution in [0.15, 0.2) is 60.7 Å². The lowest BCUT2D eigenvalue weighted by Gasteiger charge is -2.29. The van der Waals surface area contributed by atoms with Gasteiger partial charge < -0.3 is 4.74 Å². The number of ether oxygens (including phenoxy) is 1. The molecule has 0 unspecified atom stereocenters. The maximum absolute atomic E-state index is 5.32. The summed E-state index contributed by atoms with van der Waals surface area (Å²) in [4.78, 5) is 0. The first kappa shape index (κ1) is 24.4. The lowest BCUT2D eigenvalue weighted by atomic mass is 9.77. The summed E-state index contributed by atoms with van der Waals surface area (Å²) in [5, 5.41) is 2.37. The molecule has 0 aromatic heterocycles. The first-order valence-electron chi connectivity index (χ1n) is 13.4. The van der Waals surface area contributed by atoms with Crippen LogP contribution in [-0.4, -0.2) is 7.11 Å². The molecular weight excluding hydrogens is 412 g/mol. The van der Waals surface area contributed by atoms with E-state index in [-0.39, 0.29) is 0 Å². The molecule has 0 saturated heterocycles. The van der Waals surface area contributed by atoms with Crippen LogP contribution in [0.2, 0.25) is 0 Å². The van der Waals surface area contributed by atoms with Crippen molar-refractivity contribution in [1.82, 2.24) is 0 Å². The van der Waals surface area contributed by atoms with Crippen molar-refractivity contribution in [3.63, 3.8) is 0 Å². The molecule has 1 aliphatic carbocycles. The Morgan fingerprint density at radius 1 is 0.706 bits per heavy atom. The Bertz CT molecular complexity index is 1090. The van der Waals surface area contributed by atoms with E-state index in [0.29, 0.717) is 0 Å². The SMILES string of the molecule is CCCCCCCCC1CCC(c2ccc(C#Cc3ccc4cc(OC)ccc4c3)cc2)CC1. The van der Waals surface area contributed by atoms with E-state index in [1.807, 2.05) is 6.07 Å². The fraction of sp³-hybridized carbons (Fsp3) is 0.455. The molecule has 0 amide bonds. The van der Waals surface area contributed by atoms with Gasteiger partial charge in [-0.25, -0.2) is 0 Å². The smallest absolute Gasteiger partial charge is 0.119 e. The number of benzene rings is 3. The zero-order chi connectivity index (χ0) is 23.6. The van der Waals surface area contributed by atoms with Crippen LogP contribution in [0.3, 0.4) is 0 Å². The van der Waals surface area contributed by atoms with Gasteiger partial charge in [-0.15, -0.1) is 0 Å². The maximum Gasteiger partial charge on any atom is 0.119 e. The van der Waals surface area contributed by atoms with Gasteiger partial charge in [-0.2, -0.15) is 0 Å². The van der Waals surface area contributed by atoms with Crippen LogP contribution in [0.5, 0.6) is 5.75 Å². The molecule has 1 aliphatic rings. The van der Waals surface area contributed by atoms with Crippen LogP contribution >= 0.6 is 0 Å². The summed E-state index contributed by atoms with van der Waals surface area (Å²) in [6.07, 6.45) is 15.5. The second-order valence-electron chi connectivity index (χ2n) is 10.1. The summed E-state index contributed by atoms with van der Waals surface area (Å²) in [6.45, 7) is 2.30. The number of fused-ring (bicyclic) bond motifs is 1. The van der Waals surface area contributed by atoms with Gasteiger partial charge in [0.2, 0.25) is 0 Å². The highest BCUT2D eigenvalue weighted by Crippen LogP contribution is 2.37. The molecule has 4 rings (SSSR count). The van der Waals surface area contributed by atoms with Crippen LogP contribution in [0.1, 0.15) is 100 Å². The average Bonchev–Trinajstić information content (AvgIpc) is 2.89. The molecule has 3 aromatic carbocycles. The lowest BCUT2D eigenvalue weighted by Crippen LogP contribution is -2.13. The van der Waals surface area contributed by atoms with E-state index in [1.165, 1.54) is 87.0 Å². The Morgan fingerprint density at radius 2 is 1.35 bits per heavy atom. The molecule has 3 aromatic rings. The Morgan fingerprint density at radius 3 is 2.12 bits per heavy atom. The fourth-order valence-electron chi connectivity index (χ4n) is 5.41. The van der Waals surface area contributed by atoms with E-state index in [4.69, 9.17) is 4.74 Å². The van der Waals surface area contributed by atoms with Gasteiger partial charge in [0.1, 0.15) is 5.75 Å². The highest BCUT2D eigenvalue weighted by atomic mass is 16.5. The van der Waals surface area contributed by atoms with E-state index in [9.17, 15) is 0 Å². The summed E-state index contributed by atoms with van der Waals surface area (Å²) in [7, 11) is 1.70. The van der Waals surface area contributed by atoms with Crippen molar-refractivity contribution in [2.45, 2.75) is 83.5 Å². The lowest BCUT2D eigenvalue weighted by molar-refractivity contribution is 0.302. The Kier molecular flexibility index (Phi) is 9.09. The Labute approximate surface area is 206 Å². The molecule has 0 aliphatic heterocycles. The molecule has 0 atom stereocenters. The Hall–Kier alpha value is -2.72. The van der Waals surface area contributed by atoms with Crippen molar-refractivity contribution in [1.29, 1.82) is 0 Å². The third-order valence-corrected chi connectivity index (χ3v) is 7.59. The third-order valence-electron chi connectivity index (χ3n) is 7.59. The first-order chi connectivity index (χ1) is 16.7. The standard InChI is InChI=1S/C33H40O/c1-3-4-5-6-7-8-9-26-12-17-29(18-13-26)30-19-14-27(15-20-30)10-11-28-16-21-32-25-33(34-2)23-22-31(32)24-28/h14-16,19-26,29H,3-9,12-13,17-18H2,1-2H3. The van der Waals surface area contributed by atoms with Gasteiger partial charge in [0.15, 0.2) is 0 Å². The van der Waals surface area contributed by atoms with Crippen LogP contribution in [0.4, 0.5) is 0 Å². The number of methoxy groups -OCH3 is 1. The second kappa shape index (κ2) is 12.7. The molecule has 1 heteroatoms. The molecule has 0 radical (unpaired) electrons. The largest absolute Gasteiger partial charge is 0.497 e. The molecule has 34 heavy (non-hydrogen) atoms. The van der Waals surface area contributed by atoms with Gasteiger partial charge in [0.05, 0.1) is 7.11 Å². The van der Waals surface area contributed by atoms with Crippen molar-refractivity contribution >= 4 is 10.8 Å². The van der Waals surface area contributed by atoms with E-state index in [2.05, 4.69) is 73.4 Å². The van der Waals surface area contributed by atoms with Gasteiger partial charge in [-0.05, 0) is 90.3 Å². The molecule has 0 bridgehead atoms.